The van der Waals surface area contributed by atoms with Gasteiger partial charge in [-0.15, -0.1) is 0 Å². The van der Waals surface area contributed by atoms with Crippen LogP contribution in [0.5, 0.6) is 0 Å². The average Bonchev–Trinajstić information content (AvgIpc) is 3.24. The highest BCUT2D eigenvalue weighted by molar-refractivity contribution is 5.95. The summed E-state index contributed by atoms with van der Waals surface area (Å²) >= 11 is 0. The lowest BCUT2D eigenvalue weighted by molar-refractivity contribution is -0.136. The number of carbonyl (C=O) groups excluding carboxylic acids is 2. The zero-order valence-corrected chi connectivity index (χ0v) is 18.8. The van der Waals surface area contributed by atoms with Crippen molar-refractivity contribution in [2.24, 2.45) is 0 Å². The predicted molar refractivity (Wildman–Crippen MR) is 118 cm³/mol. The maximum absolute atomic E-state index is 13.7. The molecule has 0 N–H and O–H groups in total. The molecule has 1 aromatic carbocycles. The van der Waals surface area contributed by atoms with Crippen molar-refractivity contribution in [3.8, 4) is 0 Å². The second-order valence-corrected chi connectivity index (χ2v) is 8.76. The number of fused-ring (bicyclic) bond motifs is 1. The number of likely N-dealkylation sites (tertiary alicyclic amines) is 1. The van der Waals surface area contributed by atoms with Gasteiger partial charge in [-0.25, -0.2) is 14.4 Å². The lowest BCUT2D eigenvalue weighted by Crippen LogP contribution is -2.36. The Balaban J connectivity index is 1.56. The van der Waals surface area contributed by atoms with E-state index < -0.39 is 0 Å². The average molecular weight is 441 g/mol. The normalized spacial score (nSPS) is 18.4. The van der Waals surface area contributed by atoms with Crippen molar-refractivity contribution < 1.29 is 18.7 Å². The minimum atomic E-state index is -0.330. The summed E-state index contributed by atoms with van der Waals surface area (Å²) in [5.41, 5.74) is 2.53. The summed E-state index contributed by atoms with van der Waals surface area (Å²) < 4.78 is 19.1. The van der Waals surface area contributed by atoms with Gasteiger partial charge in [0.2, 0.25) is 11.8 Å². The van der Waals surface area contributed by atoms with Gasteiger partial charge in [0, 0.05) is 36.7 Å². The van der Waals surface area contributed by atoms with Crippen molar-refractivity contribution in [2.45, 2.75) is 58.6 Å². The number of aromatic nitrogens is 2. The van der Waals surface area contributed by atoms with E-state index in [0.717, 1.165) is 17.7 Å². The van der Waals surface area contributed by atoms with Crippen LogP contribution in [0.4, 0.5) is 10.2 Å². The summed E-state index contributed by atoms with van der Waals surface area (Å²) in [5.74, 6) is 0.888. The van der Waals surface area contributed by atoms with Crippen molar-refractivity contribution in [3.05, 3.63) is 52.7 Å². The van der Waals surface area contributed by atoms with Crippen molar-refractivity contribution in [3.63, 3.8) is 0 Å². The van der Waals surface area contributed by atoms with E-state index in [1.54, 1.807) is 21.9 Å². The van der Waals surface area contributed by atoms with Crippen molar-refractivity contribution >= 4 is 17.6 Å². The second-order valence-electron chi connectivity index (χ2n) is 8.76. The highest BCUT2D eigenvalue weighted by Crippen LogP contribution is 2.33. The first-order valence-corrected chi connectivity index (χ1v) is 11.1. The van der Waals surface area contributed by atoms with E-state index >= 15 is 0 Å². The van der Waals surface area contributed by atoms with E-state index in [1.807, 2.05) is 20.8 Å². The van der Waals surface area contributed by atoms with Crippen LogP contribution in [0.15, 0.2) is 24.3 Å². The van der Waals surface area contributed by atoms with E-state index in [-0.39, 0.29) is 42.8 Å². The van der Waals surface area contributed by atoms with Crippen LogP contribution < -0.4 is 4.90 Å². The zero-order chi connectivity index (χ0) is 22.8. The number of hydrogen-bond acceptors (Lipinski definition) is 5. The molecule has 1 saturated heterocycles. The molecule has 2 aliphatic heterocycles. The molecule has 0 bridgehead atoms. The number of carbonyl (C=O) groups is 2. The molecular weight excluding hydrogens is 411 g/mol. The van der Waals surface area contributed by atoms with E-state index in [1.165, 1.54) is 12.1 Å². The predicted octanol–water partition coefficient (Wildman–Crippen LogP) is 3.14. The molecule has 1 fully saturated rings. The summed E-state index contributed by atoms with van der Waals surface area (Å²) in [6.45, 7) is 7.26. The zero-order valence-electron chi connectivity index (χ0n) is 18.8. The van der Waals surface area contributed by atoms with Crippen LogP contribution in [-0.2, 0) is 27.3 Å². The minimum Gasteiger partial charge on any atom is -0.369 e. The molecule has 1 atom stereocenters. The molecule has 2 aliphatic rings. The third-order valence-corrected chi connectivity index (χ3v) is 6.03. The van der Waals surface area contributed by atoms with Gasteiger partial charge in [0.05, 0.1) is 12.6 Å². The van der Waals surface area contributed by atoms with Gasteiger partial charge in [0.25, 0.3) is 0 Å². The first kappa shape index (κ1) is 22.3. The molecule has 170 valence electrons. The molecule has 7 nitrogen and oxygen atoms in total. The lowest BCUT2D eigenvalue weighted by atomic mass is 10.0. The quantitative estimate of drug-likeness (QED) is 0.690. The number of nitrogens with zero attached hydrogens (tertiary/aromatic N) is 4. The molecule has 1 aromatic heterocycles. The van der Waals surface area contributed by atoms with Crippen LogP contribution >= 0.6 is 0 Å². The fourth-order valence-electron chi connectivity index (χ4n) is 4.29. The van der Waals surface area contributed by atoms with Crippen molar-refractivity contribution in [1.29, 1.82) is 0 Å². The minimum absolute atomic E-state index is 0.00517. The van der Waals surface area contributed by atoms with Gasteiger partial charge < -0.3 is 9.64 Å². The van der Waals surface area contributed by atoms with Gasteiger partial charge in [-0.3, -0.25) is 14.5 Å². The number of aryl methyl sites for hydroxylation is 1. The van der Waals surface area contributed by atoms with Crippen LogP contribution in [-0.4, -0.2) is 52.5 Å². The summed E-state index contributed by atoms with van der Waals surface area (Å²) in [6, 6.07) is 6.28. The number of rotatable bonds is 6. The molecule has 2 aromatic rings. The molecule has 0 aliphatic carbocycles. The SMILES string of the molecule is Cc1nc([C@@H]2CCN(C(=O)COC(C)C)C2)nc2c1CCC(=O)N2Cc1cccc(F)c1. The summed E-state index contributed by atoms with van der Waals surface area (Å²) in [7, 11) is 0. The molecule has 8 heteroatoms. The monoisotopic (exact) mass is 440 g/mol. The highest BCUT2D eigenvalue weighted by Gasteiger charge is 2.33. The van der Waals surface area contributed by atoms with E-state index in [2.05, 4.69) is 0 Å². The van der Waals surface area contributed by atoms with Gasteiger partial charge in [0.1, 0.15) is 24.1 Å². The van der Waals surface area contributed by atoms with Crippen molar-refractivity contribution in [2.75, 3.05) is 24.6 Å². The Bertz CT molecular complexity index is 1030. The molecule has 0 spiro atoms. The molecular formula is C24H29FN4O3. The number of ether oxygens (including phenoxy) is 1. The summed E-state index contributed by atoms with van der Waals surface area (Å²) in [6.07, 6.45) is 1.75. The molecule has 0 unspecified atom stereocenters. The van der Waals surface area contributed by atoms with Crippen LogP contribution in [0.3, 0.4) is 0 Å². The molecule has 2 amide bonds. The van der Waals surface area contributed by atoms with Gasteiger partial charge in [0.15, 0.2) is 0 Å². The standard InChI is InChI=1S/C24H29FN4O3/c1-15(2)32-14-22(31)28-10-9-18(13-28)23-26-16(3)20-7-8-21(30)29(24(20)27-23)12-17-5-4-6-19(25)11-17/h4-6,11,15,18H,7-10,12-14H2,1-3H3/t18-/m1/s1. The lowest BCUT2D eigenvalue weighted by Gasteiger charge is -2.30. The highest BCUT2D eigenvalue weighted by atomic mass is 19.1. The molecule has 4 rings (SSSR count). The maximum Gasteiger partial charge on any atom is 0.248 e. The number of anilines is 1. The smallest absolute Gasteiger partial charge is 0.248 e. The summed E-state index contributed by atoms with van der Waals surface area (Å²) in [5, 5.41) is 0. The first-order valence-electron chi connectivity index (χ1n) is 11.1. The Labute approximate surface area is 187 Å². The van der Waals surface area contributed by atoms with Gasteiger partial charge in [-0.05, 0) is 51.3 Å². The largest absolute Gasteiger partial charge is 0.369 e. The van der Waals surface area contributed by atoms with E-state index in [4.69, 9.17) is 14.7 Å². The first-order chi connectivity index (χ1) is 15.3. The van der Waals surface area contributed by atoms with Crippen molar-refractivity contribution in [1.82, 2.24) is 14.9 Å². The van der Waals surface area contributed by atoms with E-state index in [9.17, 15) is 14.0 Å². The second kappa shape index (κ2) is 9.32. The molecule has 0 saturated carbocycles. The topological polar surface area (TPSA) is 75.6 Å². The number of halogens is 1. The molecule has 32 heavy (non-hydrogen) atoms. The van der Waals surface area contributed by atoms with Crippen LogP contribution in [0.1, 0.15) is 55.3 Å². The van der Waals surface area contributed by atoms with Gasteiger partial charge >= 0.3 is 0 Å². The maximum atomic E-state index is 13.7. The fraction of sp³-hybridized carbons (Fsp3) is 0.500. The number of hydrogen-bond donors (Lipinski definition) is 0. The van der Waals surface area contributed by atoms with Gasteiger partial charge in [-0.1, -0.05) is 12.1 Å². The Kier molecular flexibility index (Phi) is 6.50. The summed E-state index contributed by atoms with van der Waals surface area (Å²) in [4.78, 5) is 38.2. The molecule has 0 radical (unpaired) electrons. The van der Waals surface area contributed by atoms with Crippen LogP contribution in [0.2, 0.25) is 0 Å². The van der Waals surface area contributed by atoms with Crippen LogP contribution in [0.25, 0.3) is 0 Å². The Morgan fingerprint density at radius 2 is 2.09 bits per heavy atom. The number of amides is 2. The number of benzene rings is 1. The Hall–Kier alpha value is -2.87. The third-order valence-electron chi connectivity index (χ3n) is 6.03. The van der Waals surface area contributed by atoms with Gasteiger partial charge in [-0.2, -0.15) is 0 Å². The Morgan fingerprint density at radius 1 is 1.28 bits per heavy atom. The molecule has 3 heterocycles. The fourth-order valence-corrected chi connectivity index (χ4v) is 4.29. The van der Waals surface area contributed by atoms with E-state index in [0.29, 0.717) is 43.1 Å². The van der Waals surface area contributed by atoms with Crippen LogP contribution in [0, 0.1) is 12.7 Å². The Morgan fingerprint density at radius 3 is 2.84 bits per heavy atom. The third kappa shape index (κ3) is 4.80.